The Labute approximate surface area is 139 Å². The highest BCUT2D eigenvalue weighted by atomic mass is 16.5. The van der Waals surface area contributed by atoms with Gasteiger partial charge in [0.2, 0.25) is 0 Å². The summed E-state index contributed by atoms with van der Waals surface area (Å²) in [5.74, 6) is -0.766. The van der Waals surface area contributed by atoms with E-state index in [1.165, 1.54) is 7.11 Å². The molecule has 0 amide bonds. The fraction of sp³-hybridized carbons (Fsp3) is 0.100. The molecule has 0 saturated carbocycles. The zero-order valence-electron chi connectivity index (χ0n) is 13.2. The lowest BCUT2D eigenvalue weighted by Crippen LogP contribution is -2.06. The molecule has 0 aliphatic rings. The van der Waals surface area contributed by atoms with Gasteiger partial charge < -0.3 is 9.47 Å². The van der Waals surface area contributed by atoms with Crippen molar-refractivity contribution in [1.82, 2.24) is 0 Å². The van der Waals surface area contributed by atoms with Crippen molar-refractivity contribution < 1.29 is 19.1 Å². The summed E-state index contributed by atoms with van der Waals surface area (Å²) in [6, 6.07) is 20.0. The minimum atomic E-state index is -0.394. The van der Waals surface area contributed by atoms with Gasteiger partial charge in [-0.15, -0.1) is 0 Å². The highest BCUT2D eigenvalue weighted by Crippen LogP contribution is 2.19. The van der Waals surface area contributed by atoms with Crippen LogP contribution >= 0.6 is 0 Å². The van der Waals surface area contributed by atoms with Gasteiger partial charge >= 0.3 is 11.9 Å². The van der Waals surface area contributed by atoms with Gasteiger partial charge in [-0.2, -0.15) is 0 Å². The number of ether oxygens (including phenoxy) is 2. The smallest absolute Gasteiger partial charge is 0.339 e. The maximum absolute atomic E-state index is 12.4. The molecule has 0 spiro atoms. The van der Waals surface area contributed by atoms with E-state index in [9.17, 15) is 9.59 Å². The second-order valence-corrected chi connectivity index (χ2v) is 5.29. The Kier molecular flexibility index (Phi) is 4.57. The number of rotatable bonds is 4. The number of carbonyl (C=O) groups excluding carboxylic acids is 2. The predicted molar refractivity (Wildman–Crippen MR) is 90.8 cm³/mol. The van der Waals surface area contributed by atoms with Crippen molar-refractivity contribution in [1.29, 1.82) is 0 Å². The molecular formula is C20H16O4. The van der Waals surface area contributed by atoms with E-state index in [1.807, 2.05) is 36.4 Å². The minimum absolute atomic E-state index is 0.142. The van der Waals surface area contributed by atoms with Gasteiger partial charge in [0.15, 0.2) is 0 Å². The lowest BCUT2D eigenvalue weighted by Gasteiger charge is -2.08. The van der Waals surface area contributed by atoms with Crippen LogP contribution in [0.15, 0.2) is 66.7 Å². The normalized spacial score (nSPS) is 10.4. The standard InChI is InChI=1S/C20H16O4/c1-23-19(21)16-11-9-14(10-12-16)13-24-20(22)18-8-4-6-15-5-2-3-7-17(15)18/h2-12H,13H2,1H3. The third-order valence-corrected chi connectivity index (χ3v) is 3.75. The van der Waals surface area contributed by atoms with Crippen LogP contribution in [0.25, 0.3) is 10.8 Å². The van der Waals surface area contributed by atoms with Gasteiger partial charge in [0.1, 0.15) is 6.61 Å². The fourth-order valence-electron chi connectivity index (χ4n) is 2.48. The first-order valence-electron chi connectivity index (χ1n) is 7.51. The maximum Gasteiger partial charge on any atom is 0.339 e. The van der Waals surface area contributed by atoms with Crippen LogP contribution in [-0.2, 0) is 16.1 Å². The summed E-state index contributed by atoms with van der Waals surface area (Å²) >= 11 is 0. The molecule has 0 fully saturated rings. The van der Waals surface area contributed by atoms with Crippen molar-refractivity contribution >= 4 is 22.7 Å². The molecule has 0 aliphatic carbocycles. The minimum Gasteiger partial charge on any atom is -0.465 e. The molecule has 0 atom stereocenters. The van der Waals surface area contributed by atoms with Gasteiger partial charge in [-0.25, -0.2) is 9.59 Å². The van der Waals surface area contributed by atoms with Crippen LogP contribution in [0.3, 0.4) is 0 Å². The number of benzene rings is 3. The Morgan fingerprint density at radius 3 is 2.29 bits per heavy atom. The van der Waals surface area contributed by atoms with Crippen molar-refractivity contribution in [2.45, 2.75) is 6.61 Å². The SMILES string of the molecule is COC(=O)c1ccc(COC(=O)c2cccc3ccccc23)cc1. The molecule has 0 heterocycles. The highest BCUT2D eigenvalue weighted by Gasteiger charge is 2.11. The molecule has 24 heavy (non-hydrogen) atoms. The van der Waals surface area contributed by atoms with E-state index in [4.69, 9.17) is 4.74 Å². The molecule has 4 heteroatoms. The third-order valence-electron chi connectivity index (χ3n) is 3.75. The van der Waals surface area contributed by atoms with Gasteiger partial charge in [0.05, 0.1) is 18.2 Å². The Bertz CT molecular complexity index is 876. The molecule has 3 aromatic rings. The molecule has 0 saturated heterocycles. The number of carbonyl (C=O) groups is 2. The summed E-state index contributed by atoms with van der Waals surface area (Å²) in [6.07, 6.45) is 0. The summed E-state index contributed by atoms with van der Waals surface area (Å²) in [7, 11) is 1.34. The largest absolute Gasteiger partial charge is 0.465 e. The van der Waals surface area contributed by atoms with Crippen LogP contribution in [0.1, 0.15) is 26.3 Å². The van der Waals surface area contributed by atoms with Crippen LogP contribution in [-0.4, -0.2) is 19.0 Å². The van der Waals surface area contributed by atoms with Gasteiger partial charge in [-0.3, -0.25) is 0 Å². The van der Waals surface area contributed by atoms with E-state index in [0.717, 1.165) is 16.3 Å². The van der Waals surface area contributed by atoms with Gasteiger partial charge in [0, 0.05) is 0 Å². The Morgan fingerprint density at radius 1 is 0.833 bits per heavy atom. The summed E-state index contributed by atoms with van der Waals surface area (Å²) in [5, 5.41) is 1.86. The van der Waals surface area contributed by atoms with Crippen LogP contribution in [0.5, 0.6) is 0 Å². The first-order chi connectivity index (χ1) is 11.7. The molecule has 0 bridgehead atoms. The van der Waals surface area contributed by atoms with E-state index in [2.05, 4.69) is 4.74 Å². The molecule has 0 aliphatic heterocycles. The zero-order chi connectivity index (χ0) is 16.9. The van der Waals surface area contributed by atoms with Crippen molar-refractivity contribution in [2.75, 3.05) is 7.11 Å². The van der Waals surface area contributed by atoms with Gasteiger partial charge in [-0.05, 0) is 34.5 Å². The topological polar surface area (TPSA) is 52.6 Å². The fourth-order valence-corrected chi connectivity index (χ4v) is 2.48. The molecule has 0 radical (unpaired) electrons. The lowest BCUT2D eigenvalue weighted by molar-refractivity contribution is 0.0473. The molecule has 3 rings (SSSR count). The van der Waals surface area contributed by atoms with Gasteiger partial charge in [0.25, 0.3) is 0 Å². The molecule has 0 N–H and O–H groups in total. The monoisotopic (exact) mass is 320 g/mol. The molecule has 120 valence electrons. The molecule has 3 aromatic carbocycles. The van der Waals surface area contributed by atoms with Crippen LogP contribution in [0, 0.1) is 0 Å². The molecule has 4 nitrogen and oxygen atoms in total. The maximum atomic E-state index is 12.4. The number of fused-ring (bicyclic) bond motifs is 1. The van der Waals surface area contributed by atoms with Crippen LogP contribution in [0.2, 0.25) is 0 Å². The molecule has 0 aromatic heterocycles. The number of hydrogen-bond acceptors (Lipinski definition) is 4. The number of methoxy groups -OCH3 is 1. The third kappa shape index (κ3) is 3.27. The average Bonchev–Trinajstić information content (AvgIpc) is 2.65. The number of hydrogen-bond donors (Lipinski definition) is 0. The zero-order valence-corrected chi connectivity index (χ0v) is 13.2. The van der Waals surface area contributed by atoms with Crippen molar-refractivity contribution in [2.24, 2.45) is 0 Å². The van der Waals surface area contributed by atoms with Crippen molar-refractivity contribution in [3.05, 3.63) is 83.4 Å². The van der Waals surface area contributed by atoms with Gasteiger partial charge in [-0.1, -0.05) is 48.5 Å². The average molecular weight is 320 g/mol. The highest BCUT2D eigenvalue weighted by molar-refractivity contribution is 6.04. The summed E-state index contributed by atoms with van der Waals surface area (Å²) in [5.41, 5.74) is 1.80. The second-order valence-electron chi connectivity index (χ2n) is 5.29. The lowest BCUT2D eigenvalue weighted by atomic mass is 10.0. The van der Waals surface area contributed by atoms with E-state index >= 15 is 0 Å². The molecule has 0 unspecified atom stereocenters. The quantitative estimate of drug-likeness (QED) is 0.682. The summed E-state index contributed by atoms with van der Waals surface area (Å²) in [4.78, 5) is 23.7. The van der Waals surface area contributed by atoms with E-state index < -0.39 is 5.97 Å². The summed E-state index contributed by atoms with van der Waals surface area (Å²) in [6.45, 7) is 0.142. The van der Waals surface area contributed by atoms with Crippen molar-refractivity contribution in [3.8, 4) is 0 Å². The summed E-state index contributed by atoms with van der Waals surface area (Å²) < 4.78 is 10.0. The predicted octanol–water partition coefficient (Wildman–Crippen LogP) is 3.98. The number of esters is 2. The first kappa shape index (κ1) is 15.7. The second kappa shape index (κ2) is 6.96. The Hall–Kier alpha value is -3.14. The first-order valence-corrected chi connectivity index (χ1v) is 7.51. The van der Waals surface area contributed by atoms with E-state index in [0.29, 0.717) is 11.1 Å². The van der Waals surface area contributed by atoms with Crippen molar-refractivity contribution in [3.63, 3.8) is 0 Å². The molecular weight excluding hydrogens is 304 g/mol. The van der Waals surface area contributed by atoms with Crippen LogP contribution < -0.4 is 0 Å². The Balaban J connectivity index is 1.72. The van der Waals surface area contributed by atoms with E-state index in [-0.39, 0.29) is 12.6 Å². The Morgan fingerprint density at radius 2 is 1.54 bits per heavy atom. The van der Waals surface area contributed by atoms with Crippen LogP contribution in [0.4, 0.5) is 0 Å². The van der Waals surface area contributed by atoms with E-state index in [1.54, 1.807) is 30.3 Å².